The van der Waals surface area contributed by atoms with Crippen molar-refractivity contribution in [3.05, 3.63) is 23.9 Å². The number of carbonyl (C=O) groups excluding carboxylic acids is 1. The van der Waals surface area contributed by atoms with Crippen LogP contribution >= 0.6 is 0 Å². The topological polar surface area (TPSA) is 71.2 Å². The maximum Gasteiger partial charge on any atom is 0.272 e. The van der Waals surface area contributed by atoms with Crippen LogP contribution in [0.5, 0.6) is 0 Å². The third kappa shape index (κ3) is 3.44. The van der Waals surface area contributed by atoms with Gasteiger partial charge in [-0.2, -0.15) is 0 Å². The lowest BCUT2D eigenvalue weighted by Gasteiger charge is -2.31. The van der Waals surface area contributed by atoms with Crippen molar-refractivity contribution in [2.24, 2.45) is 11.8 Å². The predicted molar refractivity (Wildman–Crippen MR) is 75.6 cm³/mol. The summed E-state index contributed by atoms with van der Waals surface area (Å²) in [5.41, 5.74) is 2.93. The third-order valence-electron chi connectivity index (χ3n) is 3.71. The van der Waals surface area contributed by atoms with Gasteiger partial charge in [0, 0.05) is 13.1 Å². The van der Waals surface area contributed by atoms with Gasteiger partial charge in [-0.3, -0.25) is 4.79 Å². The second-order valence-corrected chi connectivity index (χ2v) is 5.08. The Morgan fingerprint density at radius 3 is 2.84 bits per heavy atom. The molecule has 5 heteroatoms. The van der Waals surface area contributed by atoms with E-state index in [-0.39, 0.29) is 5.91 Å². The second-order valence-electron chi connectivity index (χ2n) is 5.08. The van der Waals surface area contributed by atoms with Crippen LogP contribution in [0.2, 0.25) is 0 Å². The Labute approximate surface area is 114 Å². The quantitative estimate of drug-likeness (QED) is 0.643. The smallest absolute Gasteiger partial charge is 0.272 e. The van der Waals surface area contributed by atoms with E-state index >= 15 is 0 Å². The Bertz CT molecular complexity index is 427. The lowest BCUT2D eigenvalue weighted by Crippen LogP contribution is -2.38. The zero-order valence-electron chi connectivity index (χ0n) is 11.4. The van der Waals surface area contributed by atoms with Gasteiger partial charge in [-0.15, -0.1) is 0 Å². The maximum atomic E-state index is 12.3. The molecule has 3 N–H and O–H groups in total. The minimum absolute atomic E-state index is 0.00653. The van der Waals surface area contributed by atoms with Crippen molar-refractivity contribution in [3.63, 3.8) is 0 Å². The Morgan fingerprint density at radius 2 is 2.21 bits per heavy atom. The molecule has 0 aliphatic carbocycles. The summed E-state index contributed by atoms with van der Waals surface area (Å²) in [6.07, 6.45) is 4.71. The van der Waals surface area contributed by atoms with E-state index in [2.05, 4.69) is 17.3 Å². The van der Waals surface area contributed by atoms with E-state index in [1.165, 1.54) is 12.8 Å². The van der Waals surface area contributed by atoms with E-state index in [9.17, 15) is 4.79 Å². The van der Waals surface area contributed by atoms with Gasteiger partial charge >= 0.3 is 0 Å². The van der Waals surface area contributed by atoms with E-state index in [1.54, 1.807) is 18.2 Å². The van der Waals surface area contributed by atoms with Crippen LogP contribution in [0.4, 0.5) is 5.82 Å². The number of hydrogen-bond acceptors (Lipinski definition) is 4. The van der Waals surface area contributed by atoms with Gasteiger partial charge in [0.1, 0.15) is 11.5 Å². The van der Waals surface area contributed by atoms with Gasteiger partial charge in [-0.05, 0) is 30.9 Å². The first-order valence-electron chi connectivity index (χ1n) is 6.97. The number of hydrazine groups is 1. The van der Waals surface area contributed by atoms with E-state index in [4.69, 9.17) is 5.84 Å². The number of likely N-dealkylation sites (tertiary alicyclic amines) is 1. The molecule has 19 heavy (non-hydrogen) atoms. The number of pyridine rings is 1. The number of piperidine rings is 1. The normalized spacial score (nSPS) is 16.4. The van der Waals surface area contributed by atoms with Crippen molar-refractivity contribution in [2.45, 2.75) is 32.6 Å². The van der Waals surface area contributed by atoms with Crippen molar-refractivity contribution in [2.75, 3.05) is 18.5 Å². The molecule has 0 aromatic carbocycles. The second kappa shape index (κ2) is 6.52. The summed E-state index contributed by atoms with van der Waals surface area (Å²) in [5.74, 6) is 6.61. The average molecular weight is 262 g/mol. The number of nitrogens with two attached hydrogens (primary N) is 1. The number of anilines is 1. The minimum atomic E-state index is 0.00653. The Balaban J connectivity index is 1.97. The molecule has 0 atom stereocenters. The highest BCUT2D eigenvalue weighted by molar-refractivity contribution is 5.92. The molecule has 1 aliphatic rings. The fraction of sp³-hybridized carbons (Fsp3) is 0.571. The number of hydrogen-bond donors (Lipinski definition) is 2. The minimum Gasteiger partial charge on any atom is -0.337 e. The molecule has 0 unspecified atom stereocenters. The Morgan fingerprint density at radius 1 is 1.47 bits per heavy atom. The van der Waals surface area contributed by atoms with Crippen LogP contribution in [0.1, 0.15) is 43.1 Å². The maximum absolute atomic E-state index is 12.3. The van der Waals surface area contributed by atoms with Crippen molar-refractivity contribution in [1.29, 1.82) is 0 Å². The Kier molecular flexibility index (Phi) is 4.74. The van der Waals surface area contributed by atoms with E-state index in [0.717, 1.165) is 31.8 Å². The summed E-state index contributed by atoms with van der Waals surface area (Å²) in [6.45, 7) is 3.89. The van der Waals surface area contributed by atoms with Crippen molar-refractivity contribution >= 4 is 11.7 Å². The van der Waals surface area contributed by atoms with Crippen molar-refractivity contribution < 1.29 is 4.79 Å². The number of carbonyl (C=O) groups is 1. The van der Waals surface area contributed by atoms with Gasteiger partial charge in [0.2, 0.25) is 0 Å². The molecule has 1 aromatic heterocycles. The van der Waals surface area contributed by atoms with E-state index in [0.29, 0.717) is 11.5 Å². The van der Waals surface area contributed by atoms with Crippen LogP contribution in [0.3, 0.4) is 0 Å². The molecule has 1 saturated heterocycles. The van der Waals surface area contributed by atoms with Crippen LogP contribution in [-0.2, 0) is 0 Å². The lowest BCUT2D eigenvalue weighted by atomic mass is 9.92. The standard InChI is InChI=1S/C14H22N4O/c1-2-4-11-7-9-18(10-8-11)14(19)12-5-3-6-13(16-12)17-15/h3,5-6,11H,2,4,7-10,15H2,1H3,(H,16,17). The molecule has 1 aromatic rings. The number of nitrogens with zero attached hydrogens (tertiary/aromatic N) is 2. The molecule has 1 amide bonds. The molecule has 0 spiro atoms. The molecule has 1 fully saturated rings. The number of aromatic nitrogens is 1. The lowest BCUT2D eigenvalue weighted by molar-refractivity contribution is 0.0681. The number of nitrogens with one attached hydrogen (secondary N) is 1. The zero-order chi connectivity index (χ0) is 13.7. The summed E-state index contributed by atoms with van der Waals surface area (Å²) in [5, 5.41) is 0. The summed E-state index contributed by atoms with van der Waals surface area (Å²) in [7, 11) is 0. The highest BCUT2D eigenvalue weighted by Gasteiger charge is 2.23. The summed E-state index contributed by atoms with van der Waals surface area (Å²) >= 11 is 0. The van der Waals surface area contributed by atoms with Crippen molar-refractivity contribution in [1.82, 2.24) is 9.88 Å². The fourth-order valence-electron chi connectivity index (χ4n) is 2.63. The van der Waals surface area contributed by atoms with Crippen LogP contribution in [0, 0.1) is 5.92 Å². The van der Waals surface area contributed by atoms with Gasteiger partial charge < -0.3 is 10.3 Å². The van der Waals surface area contributed by atoms with Crippen LogP contribution in [0.15, 0.2) is 18.2 Å². The molecule has 2 heterocycles. The van der Waals surface area contributed by atoms with Crippen LogP contribution in [0.25, 0.3) is 0 Å². The highest BCUT2D eigenvalue weighted by Crippen LogP contribution is 2.22. The number of amides is 1. The van der Waals surface area contributed by atoms with Gasteiger partial charge in [0.15, 0.2) is 0 Å². The summed E-state index contributed by atoms with van der Waals surface area (Å²) in [6, 6.07) is 5.27. The van der Waals surface area contributed by atoms with Gasteiger partial charge in [-0.25, -0.2) is 10.8 Å². The monoisotopic (exact) mass is 262 g/mol. The van der Waals surface area contributed by atoms with Gasteiger partial charge in [0.25, 0.3) is 5.91 Å². The largest absolute Gasteiger partial charge is 0.337 e. The molecule has 0 radical (unpaired) electrons. The molecular weight excluding hydrogens is 240 g/mol. The number of nitrogen functional groups attached to an aromatic ring is 1. The van der Waals surface area contributed by atoms with Crippen LogP contribution < -0.4 is 11.3 Å². The first kappa shape index (κ1) is 13.8. The molecule has 0 bridgehead atoms. The van der Waals surface area contributed by atoms with E-state index < -0.39 is 0 Å². The van der Waals surface area contributed by atoms with Crippen LogP contribution in [-0.4, -0.2) is 28.9 Å². The molecular formula is C14H22N4O. The first-order chi connectivity index (χ1) is 9.24. The Hall–Kier alpha value is -1.62. The zero-order valence-corrected chi connectivity index (χ0v) is 11.4. The third-order valence-corrected chi connectivity index (χ3v) is 3.71. The van der Waals surface area contributed by atoms with E-state index in [1.807, 2.05) is 4.90 Å². The van der Waals surface area contributed by atoms with Gasteiger partial charge in [0.05, 0.1) is 0 Å². The fourth-order valence-corrected chi connectivity index (χ4v) is 2.63. The SMILES string of the molecule is CCCC1CCN(C(=O)c2cccc(NN)n2)CC1. The molecule has 0 saturated carbocycles. The molecule has 104 valence electrons. The predicted octanol–water partition coefficient (Wildman–Crippen LogP) is 2.02. The van der Waals surface area contributed by atoms with Crippen molar-refractivity contribution in [3.8, 4) is 0 Å². The first-order valence-corrected chi connectivity index (χ1v) is 6.97. The molecule has 1 aliphatic heterocycles. The van der Waals surface area contributed by atoms with Gasteiger partial charge in [-0.1, -0.05) is 25.8 Å². The summed E-state index contributed by atoms with van der Waals surface area (Å²) < 4.78 is 0. The average Bonchev–Trinajstić information content (AvgIpc) is 2.48. The summed E-state index contributed by atoms with van der Waals surface area (Å²) in [4.78, 5) is 18.4. The molecule has 2 rings (SSSR count). The number of rotatable bonds is 4. The molecule has 5 nitrogen and oxygen atoms in total. The highest BCUT2D eigenvalue weighted by atomic mass is 16.2.